The Morgan fingerprint density at radius 1 is 1.00 bits per heavy atom. The highest BCUT2D eigenvalue weighted by molar-refractivity contribution is 6.22. The average molecular weight is 373 g/mol. The van der Waals surface area contributed by atoms with Crippen molar-refractivity contribution in [3.8, 4) is 0 Å². The van der Waals surface area contributed by atoms with Gasteiger partial charge in [0.2, 0.25) is 0 Å². The molecule has 7 heteroatoms. The summed E-state index contributed by atoms with van der Waals surface area (Å²) in [4.78, 5) is 32.9. The Morgan fingerprint density at radius 3 is 2.36 bits per heavy atom. The second-order valence-corrected chi connectivity index (χ2v) is 6.07. The summed E-state index contributed by atoms with van der Waals surface area (Å²) in [5, 5.41) is 2.69. The monoisotopic (exact) mass is 373 g/mol. The van der Waals surface area contributed by atoms with Gasteiger partial charge in [0.15, 0.2) is 5.78 Å². The number of carbonyl (C=O) groups excluding carboxylic acids is 2. The van der Waals surface area contributed by atoms with E-state index in [2.05, 4.69) is 21.9 Å². The normalized spacial score (nSPS) is 11.5. The Morgan fingerprint density at radius 2 is 1.71 bits per heavy atom. The van der Waals surface area contributed by atoms with Crippen molar-refractivity contribution >= 4 is 28.8 Å². The Kier molecular flexibility index (Phi) is 5.57. The quantitative estimate of drug-likeness (QED) is 0.571. The third-order valence-corrected chi connectivity index (χ3v) is 4.21. The maximum Gasteiger partial charge on any atom is 0.255 e. The van der Waals surface area contributed by atoms with Crippen LogP contribution in [0.2, 0.25) is 0 Å². The van der Waals surface area contributed by atoms with E-state index in [1.54, 1.807) is 60.9 Å². The van der Waals surface area contributed by atoms with Crippen molar-refractivity contribution in [3.63, 3.8) is 0 Å². The fourth-order valence-corrected chi connectivity index (χ4v) is 2.58. The number of amides is 1. The van der Waals surface area contributed by atoms with Crippen molar-refractivity contribution in [2.75, 3.05) is 11.1 Å². The van der Waals surface area contributed by atoms with Gasteiger partial charge in [-0.3, -0.25) is 14.6 Å². The van der Waals surface area contributed by atoms with Crippen LogP contribution >= 0.6 is 0 Å². The van der Waals surface area contributed by atoms with E-state index in [4.69, 9.17) is 11.5 Å². The predicted molar refractivity (Wildman–Crippen MR) is 108 cm³/mol. The summed E-state index contributed by atoms with van der Waals surface area (Å²) >= 11 is 0. The molecule has 0 spiro atoms. The van der Waals surface area contributed by atoms with E-state index >= 15 is 0 Å². The molecule has 0 radical (unpaired) electrons. The topological polar surface area (TPSA) is 124 Å². The number of hydrogen-bond donors (Lipinski definition) is 3. The maximum absolute atomic E-state index is 12.6. The Bertz CT molecular complexity index is 1020. The fraction of sp³-hybridized carbons (Fsp3) is 0.0476. The minimum atomic E-state index is -0.890. The van der Waals surface area contributed by atoms with Crippen LogP contribution in [0.3, 0.4) is 0 Å². The van der Waals surface area contributed by atoms with Crippen molar-refractivity contribution in [1.29, 1.82) is 0 Å². The first-order valence-electron chi connectivity index (χ1n) is 8.48. The zero-order valence-corrected chi connectivity index (χ0v) is 15.0. The number of benzene rings is 1. The molecule has 0 saturated heterocycles. The number of pyridine rings is 2. The van der Waals surface area contributed by atoms with Crippen molar-refractivity contribution < 1.29 is 9.59 Å². The summed E-state index contributed by atoms with van der Waals surface area (Å²) in [6, 6.07) is 12.4. The first-order valence-corrected chi connectivity index (χ1v) is 8.48. The molecule has 0 bridgehead atoms. The van der Waals surface area contributed by atoms with Crippen molar-refractivity contribution in [2.24, 2.45) is 5.73 Å². The molecule has 2 heterocycles. The Labute approximate surface area is 162 Å². The summed E-state index contributed by atoms with van der Waals surface area (Å²) in [6.45, 7) is 3.82. The molecular formula is C21H19N5O2. The van der Waals surface area contributed by atoms with Crippen LogP contribution in [0.4, 0.5) is 11.5 Å². The van der Waals surface area contributed by atoms with Gasteiger partial charge in [-0.25, -0.2) is 4.98 Å². The van der Waals surface area contributed by atoms with Gasteiger partial charge in [-0.1, -0.05) is 24.8 Å². The lowest BCUT2D eigenvalue weighted by Crippen LogP contribution is -2.22. The Balaban J connectivity index is 1.71. The lowest BCUT2D eigenvalue weighted by Gasteiger charge is -2.13. The molecule has 5 N–H and O–H groups in total. The van der Waals surface area contributed by atoms with E-state index in [9.17, 15) is 9.59 Å². The lowest BCUT2D eigenvalue weighted by molar-refractivity contribution is -0.115. The van der Waals surface area contributed by atoms with Gasteiger partial charge in [0.1, 0.15) is 5.82 Å². The first-order chi connectivity index (χ1) is 13.5. The van der Waals surface area contributed by atoms with Crippen LogP contribution in [0, 0.1) is 0 Å². The number of nitrogen functional groups attached to an aromatic ring is 1. The molecule has 1 atom stereocenters. The third-order valence-electron chi connectivity index (χ3n) is 4.21. The van der Waals surface area contributed by atoms with Crippen molar-refractivity contribution in [1.82, 2.24) is 9.97 Å². The molecule has 2 aromatic heterocycles. The molecule has 3 rings (SSSR count). The molecule has 1 unspecified atom stereocenters. The number of nitrogens with zero attached hydrogens (tertiary/aromatic N) is 2. The van der Waals surface area contributed by atoms with Gasteiger partial charge in [0, 0.05) is 35.3 Å². The van der Waals surface area contributed by atoms with Gasteiger partial charge < -0.3 is 16.8 Å². The van der Waals surface area contributed by atoms with Crippen LogP contribution in [0.5, 0.6) is 0 Å². The minimum Gasteiger partial charge on any atom is -0.382 e. The van der Waals surface area contributed by atoms with Gasteiger partial charge >= 0.3 is 0 Å². The van der Waals surface area contributed by atoms with Crippen LogP contribution < -0.4 is 16.8 Å². The first kappa shape index (κ1) is 18.9. The third kappa shape index (κ3) is 4.11. The van der Waals surface area contributed by atoms with Crippen molar-refractivity contribution in [2.45, 2.75) is 6.04 Å². The molecule has 7 nitrogen and oxygen atoms in total. The zero-order valence-electron chi connectivity index (χ0n) is 15.0. The molecule has 140 valence electrons. The van der Waals surface area contributed by atoms with Crippen molar-refractivity contribution in [3.05, 3.63) is 90.4 Å². The summed E-state index contributed by atoms with van der Waals surface area (Å²) < 4.78 is 0. The van der Waals surface area contributed by atoms with E-state index in [0.29, 0.717) is 22.4 Å². The number of aromatic nitrogens is 2. The molecule has 0 aliphatic rings. The molecule has 28 heavy (non-hydrogen) atoms. The number of anilines is 2. The van der Waals surface area contributed by atoms with Gasteiger partial charge in [-0.05, 0) is 35.9 Å². The number of Topliss-reactive ketones (excluding diaryl/α,β-unsaturated/α-hetero) is 1. The van der Waals surface area contributed by atoms with Gasteiger partial charge in [0.05, 0.1) is 11.7 Å². The van der Waals surface area contributed by atoms with Crippen LogP contribution in [-0.4, -0.2) is 21.7 Å². The summed E-state index contributed by atoms with van der Waals surface area (Å²) in [6.07, 6.45) is 4.71. The number of rotatable bonds is 6. The molecule has 0 fully saturated rings. The van der Waals surface area contributed by atoms with Crippen LogP contribution in [0.1, 0.15) is 27.5 Å². The number of carbonyl (C=O) groups is 2. The second-order valence-electron chi connectivity index (χ2n) is 6.07. The average Bonchev–Trinajstić information content (AvgIpc) is 2.74. The van der Waals surface area contributed by atoms with E-state index < -0.39 is 6.04 Å². The minimum absolute atomic E-state index is 0.231. The van der Waals surface area contributed by atoms with Crippen LogP contribution in [0.15, 0.2) is 73.7 Å². The second kappa shape index (κ2) is 8.24. The Hall–Kier alpha value is -3.84. The SMILES string of the molecule is C=C(C(=O)C(N)c1ccc(C(=O)Nc2cccnc2N)cc1)c1cccnc1. The highest BCUT2D eigenvalue weighted by atomic mass is 16.1. The smallest absolute Gasteiger partial charge is 0.255 e. The standard InChI is InChI=1S/C21H19N5O2/c1-13(16-4-2-10-24-12-16)19(27)18(22)14-6-8-15(9-7-14)21(28)26-17-5-3-11-25-20(17)23/h2-12,18H,1,22H2,(H2,23,25)(H,26,28). The van der Waals surface area contributed by atoms with Crippen LogP contribution in [0.25, 0.3) is 5.57 Å². The molecular weight excluding hydrogens is 354 g/mol. The highest BCUT2D eigenvalue weighted by Gasteiger charge is 2.20. The molecule has 0 aliphatic heterocycles. The number of nitrogens with one attached hydrogen (secondary N) is 1. The van der Waals surface area contributed by atoms with E-state index in [1.165, 1.54) is 6.20 Å². The van der Waals surface area contributed by atoms with Gasteiger partial charge in [0.25, 0.3) is 5.91 Å². The molecule has 1 amide bonds. The van der Waals surface area contributed by atoms with E-state index in [-0.39, 0.29) is 23.1 Å². The largest absolute Gasteiger partial charge is 0.382 e. The van der Waals surface area contributed by atoms with Gasteiger partial charge in [-0.2, -0.15) is 0 Å². The van der Waals surface area contributed by atoms with Crippen LogP contribution in [-0.2, 0) is 4.79 Å². The summed E-state index contributed by atoms with van der Waals surface area (Å²) in [7, 11) is 0. The maximum atomic E-state index is 12.6. The van der Waals surface area contributed by atoms with Gasteiger partial charge in [-0.15, -0.1) is 0 Å². The predicted octanol–water partition coefficient (Wildman–Crippen LogP) is 2.59. The highest BCUT2D eigenvalue weighted by Crippen LogP contribution is 2.22. The summed E-state index contributed by atoms with van der Waals surface area (Å²) in [5.74, 6) is -0.423. The van der Waals surface area contributed by atoms with E-state index in [1.807, 2.05) is 0 Å². The fourth-order valence-electron chi connectivity index (χ4n) is 2.58. The number of nitrogens with two attached hydrogens (primary N) is 2. The molecule has 3 aromatic rings. The number of ketones is 1. The van der Waals surface area contributed by atoms with E-state index in [0.717, 1.165) is 0 Å². The molecule has 0 aliphatic carbocycles. The molecule has 0 saturated carbocycles. The number of hydrogen-bond acceptors (Lipinski definition) is 6. The molecule has 1 aromatic carbocycles. The lowest BCUT2D eigenvalue weighted by atomic mass is 9.95. The summed E-state index contributed by atoms with van der Waals surface area (Å²) in [5.41, 5.74) is 14.1. The zero-order chi connectivity index (χ0) is 20.1.